The first-order valence-corrected chi connectivity index (χ1v) is 7.87. The maximum atomic E-state index is 8.69. The van der Waals surface area contributed by atoms with Gasteiger partial charge in [-0.3, -0.25) is 0 Å². The molecule has 12 nitrogen and oxygen atoms in total. The van der Waals surface area contributed by atoms with Gasteiger partial charge in [-0.1, -0.05) is 0 Å². The molecule has 18 heavy (non-hydrogen) atoms. The van der Waals surface area contributed by atoms with Gasteiger partial charge in [0.25, 0.3) is 0 Å². The van der Waals surface area contributed by atoms with Crippen molar-refractivity contribution < 1.29 is 146 Å². The molecular weight excluding hydrogens is 345 g/mol. The SMILES string of the molecule is O[Si](O)(O)O.O[Si](O)(O)O.[Na+].[Na+].[Na+].[O-][Si]([O-])([O-])O. The fourth-order valence-corrected chi connectivity index (χ4v) is 0. The molecule has 0 atom stereocenters. The first-order chi connectivity index (χ1) is 6.00. The van der Waals surface area contributed by atoms with Crippen LogP contribution in [0.15, 0.2) is 0 Å². The van der Waals surface area contributed by atoms with Gasteiger partial charge in [-0.05, 0) is 0 Å². The van der Waals surface area contributed by atoms with Crippen LogP contribution in [0.4, 0.5) is 0 Å². The molecule has 0 saturated heterocycles. The molecule has 0 aromatic heterocycles. The van der Waals surface area contributed by atoms with Crippen LogP contribution in [0.5, 0.6) is 0 Å². The molecular formula is H9Na3O12Si3. The Kier molecular flexibility index (Phi) is 34.4. The summed E-state index contributed by atoms with van der Waals surface area (Å²) in [6, 6.07) is 0. The Balaban J connectivity index is -0.0000000277. The van der Waals surface area contributed by atoms with Gasteiger partial charge in [0.1, 0.15) is 0 Å². The van der Waals surface area contributed by atoms with E-state index in [0.717, 1.165) is 0 Å². The fraction of sp³-hybridized carbons (Fsp3) is 0. The van der Waals surface area contributed by atoms with E-state index in [4.69, 9.17) is 57.5 Å². The summed E-state index contributed by atoms with van der Waals surface area (Å²) in [5.41, 5.74) is 0. The van der Waals surface area contributed by atoms with Crippen LogP contribution in [0, 0.1) is 0 Å². The molecule has 0 aliphatic carbocycles. The van der Waals surface area contributed by atoms with Crippen LogP contribution in [0.2, 0.25) is 0 Å². The van der Waals surface area contributed by atoms with Crippen molar-refractivity contribution in [2.24, 2.45) is 0 Å². The maximum Gasteiger partial charge on any atom is 1.00 e. The second kappa shape index (κ2) is 16.5. The summed E-state index contributed by atoms with van der Waals surface area (Å²) in [6.07, 6.45) is 0. The zero-order chi connectivity index (χ0) is 13.5. The van der Waals surface area contributed by atoms with E-state index < -0.39 is 27.1 Å². The maximum absolute atomic E-state index is 8.69. The second-order valence-corrected chi connectivity index (χ2v) is 5.17. The van der Waals surface area contributed by atoms with E-state index in [9.17, 15) is 0 Å². The average molecular weight is 354 g/mol. The van der Waals surface area contributed by atoms with Gasteiger partial charge in [0.05, 0.1) is 0 Å². The standard InChI is InChI=1S/3Na.2H4O4Si.HO4Si/c;;;3*1-5(2,3)4/h;;;2*1-4H;1H/q3*+1;;;-3. The van der Waals surface area contributed by atoms with E-state index in [0.29, 0.717) is 0 Å². The molecule has 9 N–H and O–H groups in total. The van der Waals surface area contributed by atoms with Gasteiger partial charge in [0.15, 0.2) is 0 Å². The third-order valence-corrected chi connectivity index (χ3v) is 0. The Hall–Kier alpha value is 3.17. The first kappa shape index (κ1) is 37.4. The van der Waals surface area contributed by atoms with E-state index in [1.165, 1.54) is 0 Å². The molecule has 0 radical (unpaired) electrons. The topological polar surface area (TPSA) is 251 Å². The van der Waals surface area contributed by atoms with Crippen molar-refractivity contribution >= 4 is 27.1 Å². The number of hydrogen-bond donors (Lipinski definition) is 9. The third-order valence-electron chi connectivity index (χ3n) is 0. The van der Waals surface area contributed by atoms with Gasteiger partial charge in [0, 0.05) is 0 Å². The molecule has 0 bridgehead atoms. The van der Waals surface area contributed by atoms with Crippen molar-refractivity contribution in [2.75, 3.05) is 0 Å². The molecule has 0 aliphatic rings. The number of rotatable bonds is 0. The molecule has 0 aliphatic heterocycles. The zero-order valence-corrected chi connectivity index (χ0v) is 18.7. The largest absolute Gasteiger partial charge is 1.00 e. The molecule has 0 aromatic carbocycles. The Labute approximate surface area is 171 Å². The minimum Gasteiger partial charge on any atom is -0.861 e. The van der Waals surface area contributed by atoms with E-state index in [1.807, 2.05) is 0 Å². The molecule has 18 heteroatoms. The average Bonchev–Trinajstić information content (AvgIpc) is 1.41. The quantitative estimate of drug-likeness (QED) is 0.184. The van der Waals surface area contributed by atoms with Crippen LogP contribution in [0.3, 0.4) is 0 Å². The van der Waals surface area contributed by atoms with Gasteiger partial charge >= 0.3 is 107 Å². The van der Waals surface area contributed by atoms with Crippen molar-refractivity contribution in [3.63, 3.8) is 0 Å². The smallest absolute Gasteiger partial charge is 0.861 e. The minimum absolute atomic E-state index is 0. The van der Waals surface area contributed by atoms with Crippen LogP contribution in [0.1, 0.15) is 0 Å². The molecule has 0 heterocycles. The molecule has 0 rings (SSSR count). The molecule has 0 amide bonds. The normalized spacial score (nSPS) is 10.0. The Morgan fingerprint density at radius 3 is 0.444 bits per heavy atom. The zero-order valence-electron chi connectivity index (χ0n) is 9.75. The summed E-state index contributed by atoms with van der Waals surface area (Å²) in [5.74, 6) is 0. The van der Waals surface area contributed by atoms with Crippen molar-refractivity contribution in [3.05, 3.63) is 0 Å². The Morgan fingerprint density at radius 1 is 0.444 bits per heavy atom. The van der Waals surface area contributed by atoms with E-state index in [-0.39, 0.29) is 88.7 Å². The second-order valence-electron chi connectivity index (χ2n) is 1.72. The molecule has 0 spiro atoms. The van der Waals surface area contributed by atoms with Crippen LogP contribution in [0.25, 0.3) is 0 Å². The molecule has 0 fully saturated rings. The molecule has 96 valence electrons. The van der Waals surface area contributed by atoms with Gasteiger partial charge in [-0.2, -0.15) is 0 Å². The van der Waals surface area contributed by atoms with Crippen LogP contribution >= 0.6 is 0 Å². The van der Waals surface area contributed by atoms with Crippen molar-refractivity contribution in [1.29, 1.82) is 0 Å². The summed E-state index contributed by atoms with van der Waals surface area (Å²) in [4.78, 5) is 91.7. The predicted molar refractivity (Wildman–Crippen MR) is 37.2 cm³/mol. The van der Waals surface area contributed by atoms with Gasteiger partial charge in [0.2, 0.25) is 0 Å². The van der Waals surface area contributed by atoms with Crippen molar-refractivity contribution in [1.82, 2.24) is 0 Å². The molecule has 0 aromatic rings. The van der Waals surface area contributed by atoms with E-state index >= 15 is 0 Å². The van der Waals surface area contributed by atoms with Gasteiger partial charge < -0.3 is 57.5 Å². The third kappa shape index (κ3) is 630. The van der Waals surface area contributed by atoms with Gasteiger partial charge in [-0.25, -0.2) is 0 Å². The van der Waals surface area contributed by atoms with Gasteiger partial charge in [-0.15, -0.1) is 9.05 Å². The summed E-state index contributed by atoms with van der Waals surface area (Å²) in [7, 11) is -14.6. The molecule has 0 unspecified atom stereocenters. The van der Waals surface area contributed by atoms with Crippen LogP contribution in [-0.4, -0.2) is 70.3 Å². The first-order valence-electron chi connectivity index (χ1n) is 2.62. The summed E-state index contributed by atoms with van der Waals surface area (Å²) in [6.45, 7) is 0. The van der Waals surface area contributed by atoms with E-state index in [1.54, 1.807) is 0 Å². The summed E-state index contributed by atoms with van der Waals surface area (Å²) >= 11 is 0. The summed E-state index contributed by atoms with van der Waals surface area (Å²) in [5, 5.41) is 0. The predicted octanol–water partition coefficient (Wildman–Crippen LogP) is -18.7. The van der Waals surface area contributed by atoms with Crippen LogP contribution < -0.4 is 103 Å². The number of hydrogen-bond acceptors (Lipinski definition) is 12. The van der Waals surface area contributed by atoms with Crippen molar-refractivity contribution in [3.8, 4) is 0 Å². The Morgan fingerprint density at radius 2 is 0.444 bits per heavy atom. The Bertz CT molecular complexity index is 97.6. The molecule has 0 saturated carbocycles. The minimum atomic E-state index is -5.36. The van der Waals surface area contributed by atoms with E-state index in [2.05, 4.69) is 0 Å². The monoisotopic (exact) mass is 354 g/mol. The fourth-order valence-electron chi connectivity index (χ4n) is 0. The van der Waals surface area contributed by atoms with Crippen LogP contribution in [-0.2, 0) is 0 Å². The van der Waals surface area contributed by atoms with Crippen molar-refractivity contribution in [2.45, 2.75) is 0 Å². The summed E-state index contributed by atoms with van der Waals surface area (Å²) < 4.78 is 0.